The number of rotatable bonds is 5. The third-order valence-electron chi connectivity index (χ3n) is 2.93. The molecule has 2 rings (SSSR count). The summed E-state index contributed by atoms with van der Waals surface area (Å²) in [5.41, 5.74) is 0.992. The molecule has 114 valence electrons. The minimum atomic E-state index is -0.230. The van der Waals surface area contributed by atoms with Crippen LogP contribution in [0.3, 0.4) is 0 Å². The number of amides is 2. The van der Waals surface area contributed by atoms with Gasteiger partial charge in [-0.2, -0.15) is 0 Å². The first-order valence-electron chi connectivity index (χ1n) is 6.68. The number of halogens is 1. The summed E-state index contributed by atoms with van der Waals surface area (Å²) in [7, 11) is 0. The van der Waals surface area contributed by atoms with Crippen LogP contribution in [-0.4, -0.2) is 24.9 Å². The molecule has 0 aliphatic heterocycles. The summed E-state index contributed by atoms with van der Waals surface area (Å²) >= 11 is 10.1. The molecule has 0 saturated carbocycles. The summed E-state index contributed by atoms with van der Waals surface area (Å²) in [5.74, 6) is -0.450. The summed E-state index contributed by atoms with van der Waals surface area (Å²) < 4.78 is 0. The van der Waals surface area contributed by atoms with Gasteiger partial charge in [0.15, 0.2) is 0 Å². The lowest BCUT2D eigenvalue weighted by Gasteiger charge is -2.08. The van der Waals surface area contributed by atoms with Gasteiger partial charge in [0.25, 0.3) is 11.8 Å². The lowest BCUT2D eigenvalue weighted by molar-refractivity contribution is 0.0926. The van der Waals surface area contributed by atoms with Crippen molar-refractivity contribution in [1.29, 1.82) is 0 Å². The van der Waals surface area contributed by atoms with Crippen LogP contribution < -0.4 is 10.6 Å². The molecule has 6 heteroatoms. The molecule has 2 amide bonds. The van der Waals surface area contributed by atoms with E-state index in [4.69, 9.17) is 11.6 Å². The Kier molecular flexibility index (Phi) is 5.86. The zero-order valence-corrected chi connectivity index (χ0v) is 13.3. The Morgan fingerprint density at radius 2 is 1.64 bits per heavy atom. The molecule has 2 aromatic carbocycles. The molecule has 0 atom stereocenters. The fourth-order valence-corrected chi connectivity index (χ4v) is 2.30. The minimum Gasteiger partial charge on any atom is -0.350 e. The van der Waals surface area contributed by atoms with Gasteiger partial charge in [0.05, 0.1) is 5.56 Å². The predicted molar refractivity (Wildman–Crippen MR) is 89.8 cm³/mol. The first-order valence-corrected chi connectivity index (χ1v) is 7.50. The molecular formula is C16H15ClN2O2S. The van der Waals surface area contributed by atoms with Gasteiger partial charge in [-0.1, -0.05) is 29.8 Å². The fraction of sp³-hybridized carbons (Fsp3) is 0.125. The van der Waals surface area contributed by atoms with Gasteiger partial charge in [0, 0.05) is 28.6 Å². The molecule has 0 aromatic heterocycles. The summed E-state index contributed by atoms with van der Waals surface area (Å²) in [6, 6.07) is 13.7. The highest BCUT2D eigenvalue weighted by Crippen LogP contribution is 2.12. The van der Waals surface area contributed by atoms with Gasteiger partial charge in [-0.15, -0.1) is 12.6 Å². The zero-order chi connectivity index (χ0) is 15.9. The number of carbonyl (C=O) groups excluding carboxylic acids is 2. The average molecular weight is 335 g/mol. The summed E-state index contributed by atoms with van der Waals surface area (Å²) in [6.45, 7) is 0.652. The third-order valence-corrected chi connectivity index (χ3v) is 3.56. The lowest BCUT2D eigenvalue weighted by atomic mass is 10.2. The van der Waals surface area contributed by atoms with Gasteiger partial charge in [0.2, 0.25) is 0 Å². The van der Waals surface area contributed by atoms with Crippen LogP contribution in [0.15, 0.2) is 53.4 Å². The second kappa shape index (κ2) is 7.87. The van der Waals surface area contributed by atoms with E-state index in [9.17, 15) is 9.59 Å². The maximum absolute atomic E-state index is 11.9. The monoisotopic (exact) mass is 334 g/mol. The van der Waals surface area contributed by atoms with E-state index in [1.54, 1.807) is 42.5 Å². The molecule has 0 saturated heterocycles. The van der Waals surface area contributed by atoms with E-state index in [0.29, 0.717) is 34.1 Å². The number of nitrogens with one attached hydrogen (secondary N) is 2. The van der Waals surface area contributed by atoms with Crippen molar-refractivity contribution in [3.63, 3.8) is 0 Å². The van der Waals surface area contributed by atoms with E-state index in [1.807, 2.05) is 6.07 Å². The molecule has 2 aromatic rings. The Morgan fingerprint density at radius 3 is 2.32 bits per heavy atom. The van der Waals surface area contributed by atoms with E-state index in [2.05, 4.69) is 23.3 Å². The average Bonchev–Trinajstić information content (AvgIpc) is 2.51. The number of carbonyl (C=O) groups is 2. The zero-order valence-electron chi connectivity index (χ0n) is 11.7. The van der Waals surface area contributed by atoms with Crippen molar-refractivity contribution < 1.29 is 9.59 Å². The molecule has 22 heavy (non-hydrogen) atoms. The second-order valence-corrected chi connectivity index (χ2v) is 5.46. The molecule has 0 unspecified atom stereocenters. The minimum absolute atomic E-state index is 0.220. The smallest absolute Gasteiger partial charge is 0.252 e. The Bertz CT molecular complexity index is 691. The number of hydrogen-bond donors (Lipinski definition) is 3. The van der Waals surface area contributed by atoms with Crippen LogP contribution in [0.5, 0.6) is 0 Å². The van der Waals surface area contributed by atoms with E-state index >= 15 is 0 Å². The van der Waals surface area contributed by atoms with Crippen LogP contribution in [0.2, 0.25) is 5.02 Å². The normalized spacial score (nSPS) is 10.1. The summed E-state index contributed by atoms with van der Waals surface area (Å²) in [6.07, 6.45) is 0. The van der Waals surface area contributed by atoms with Crippen molar-refractivity contribution in [2.24, 2.45) is 0 Å². The SMILES string of the molecule is O=C(NCCNC(=O)c1ccccc1S)c1cccc(Cl)c1. The third kappa shape index (κ3) is 4.51. The van der Waals surface area contributed by atoms with Gasteiger partial charge in [0.1, 0.15) is 0 Å². The van der Waals surface area contributed by atoms with Gasteiger partial charge >= 0.3 is 0 Å². The van der Waals surface area contributed by atoms with E-state index in [1.165, 1.54) is 0 Å². The highest BCUT2D eigenvalue weighted by Gasteiger charge is 2.08. The van der Waals surface area contributed by atoms with Crippen molar-refractivity contribution in [1.82, 2.24) is 10.6 Å². The molecule has 0 fully saturated rings. The molecule has 4 nitrogen and oxygen atoms in total. The van der Waals surface area contributed by atoms with Crippen LogP contribution in [0, 0.1) is 0 Å². The van der Waals surface area contributed by atoms with Gasteiger partial charge < -0.3 is 10.6 Å². The van der Waals surface area contributed by atoms with Gasteiger partial charge in [-0.05, 0) is 30.3 Å². The Hall–Kier alpha value is -1.98. The van der Waals surface area contributed by atoms with Crippen molar-refractivity contribution in [3.8, 4) is 0 Å². The maximum Gasteiger partial charge on any atom is 0.252 e. The number of benzene rings is 2. The Labute approximate surface area is 139 Å². The largest absolute Gasteiger partial charge is 0.350 e. The van der Waals surface area contributed by atoms with Crippen LogP contribution >= 0.6 is 24.2 Å². The fourth-order valence-electron chi connectivity index (χ4n) is 1.84. The van der Waals surface area contributed by atoms with Crippen molar-refractivity contribution in [3.05, 3.63) is 64.7 Å². The topological polar surface area (TPSA) is 58.2 Å². The number of thiol groups is 1. The van der Waals surface area contributed by atoms with E-state index in [0.717, 1.165) is 0 Å². The first-order chi connectivity index (χ1) is 10.6. The van der Waals surface area contributed by atoms with Gasteiger partial charge in [-0.25, -0.2) is 0 Å². The quantitative estimate of drug-likeness (QED) is 0.581. The molecular weight excluding hydrogens is 320 g/mol. The molecule has 0 heterocycles. The molecule has 0 aliphatic rings. The summed E-state index contributed by atoms with van der Waals surface area (Å²) in [5, 5.41) is 5.95. The Morgan fingerprint density at radius 1 is 0.955 bits per heavy atom. The van der Waals surface area contributed by atoms with E-state index < -0.39 is 0 Å². The maximum atomic E-state index is 11.9. The molecule has 0 spiro atoms. The standard InChI is InChI=1S/C16H15ClN2O2S/c17-12-5-3-4-11(10-12)15(20)18-8-9-19-16(21)13-6-1-2-7-14(13)22/h1-7,10,22H,8-9H2,(H,18,20)(H,19,21). The highest BCUT2D eigenvalue weighted by atomic mass is 35.5. The van der Waals surface area contributed by atoms with Gasteiger partial charge in [-0.3, -0.25) is 9.59 Å². The molecule has 2 N–H and O–H groups in total. The van der Waals surface area contributed by atoms with Crippen LogP contribution in [0.25, 0.3) is 0 Å². The van der Waals surface area contributed by atoms with Crippen molar-refractivity contribution in [2.45, 2.75) is 4.90 Å². The van der Waals surface area contributed by atoms with Crippen molar-refractivity contribution in [2.75, 3.05) is 13.1 Å². The van der Waals surface area contributed by atoms with Crippen LogP contribution in [0.4, 0.5) is 0 Å². The molecule has 0 aliphatic carbocycles. The molecule has 0 bridgehead atoms. The Balaban J connectivity index is 1.79. The predicted octanol–water partition coefficient (Wildman–Crippen LogP) is 2.79. The second-order valence-electron chi connectivity index (χ2n) is 4.54. The highest BCUT2D eigenvalue weighted by molar-refractivity contribution is 7.80. The van der Waals surface area contributed by atoms with E-state index in [-0.39, 0.29) is 11.8 Å². The summed E-state index contributed by atoms with van der Waals surface area (Å²) in [4.78, 5) is 24.4. The van der Waals surface area contributed by atoms with Crippen molar-refractivity contribution >= 4 is 36.0 Å². The molecule has 0 radical (unpaired) electrons. The van der Waals surface area contributed by atoms with Crippen LogP contribution in [0.1, 0.15) is 20.7 Å². The first kappa shape index (κ1) is 16.4. The number of hydrogen-bond acceptors (Lipinski definition) is 3. The van der Waals surface area contributed by atoms with Crippen LogP contribution in [-0.2, 0) is 0 Å². The lowest BCUT2D eigenvalue weighted by Crippen LogP contribution is -2.34.